The largest absolute Gasteiger partial charge is 0.496 e. The van der Waals surface area contributed by atoms with E-state index in [2.05, 4.69) is 0 Å². The molecule has 5 heteroatoms. The molecule has 0 heterocycles. The summed E-state index contributed by atoms with van der Waals surface area (Å²) in [6.45, 7) is 0. The summed E-state index contributed by atoms with van der Waals surface area (Å²) < 4.78 is 5.07. The van der Waals surface area contributed by atoms with E-state index in [9.17, 15) is 4.79 Å². The molecule has 1 atom stereocenters. The summed E-state index contributed by atoms with van der Waals surface area (Å²) >= 11 is 5.79. The zero-order valence-corrected chi connectivity index (χ0v) is 8.99. The monoisotopic (exact) mass is 229 g/mol. The van der Waals surface area contributed by atoms with E-state index in [-0.39, 0.29) is 6.42 Å². The molecule has 0 saturated heterocycles. The third-order valence-electron chi connectivity index (χ3n) is 2.00. The van der Waals surface area contributed by atoms with Crippen LogP contribution >= 0.6 is 11.6 Å². The summed E-state index contributed by atoms with van der Waals surface area (Å²) in [5.74, 6) is -0.451. The van der Waals surface area contributed by atoms with Gasteiger partial charge in [0.25, 0.3) is 0 Å². The number of aliphatic carboxylic acids is 1. The molecular weight excluding hydrogens is 218 g/mol. The normalized spacial score (nSPS) is 12.2. The van der Waals surface area contributed by atoms with Crippen LogP contribution in [0.5, 0.6) is 5.75 Å². The van der Waals surface area contributed by atoms with Crippen LogP contribution in [0, 0.1) is 0 Å². The van der Waals surface area contributed by atoms with E-state index in [1.54, 1.807) is 18.2 Å². The molecule has 1 rings (SSSR count). The summed E-state index contributed by atoms with van der Waals surface area (Å²) in [5, 5.41) is 9.21. The van der Waals surface area contributed by atoms with Crippen LogP contribution in [-0.2, 0) is 11.2 Å². The minimum Gasteiger partial charge on any atom is -0.496 e. The Kier molecular flexibility index (Phi) is 3.94. The topological polar surface area (TPSA) is 72.5 Å². The van der Waals surface area contributed by atoms with Crippen molar-refractivity contribution in [3.05, 3.63) is 28.8 Å². The Morgan fingerprint density at radius 1 is 1.67 bits per heavy atom. The van der Waals surface area contributed by atoms with Gasteiger partial charge in [-0.15, -0.1) is 0 Å². The number of halogens is 1. The van der Waals surface area contributed by atoms with Gasteiger partial charge in [-0.3, -0.25) is 4.79 Å². The Labute approximate surface area is 92.6 Å². The third kappa shape index (κ3) is 3.11. The van der Waals surface area contributed by atoms with Gasteiger partial charge in [-0.2, -0.15) is 0 Å². The Bertz CT molecular complexity index is 368. The van der Waals surface area contributed by atoms with Crippen LogP contribution < -0.4 is 10.5 Å². The lowest BCUT2D eigenvalue weighted by Gasteiger charge is -2.11. The number of benzene rings is 1. The van der Waals surface area contributed by atoms with E-state index in [1.165, 1.54) is 7.11 Å². The number of ether oxygens (including phenoxy) is 1. The Morgan fingerprint density at radius 3 is 2.87 bits per heavy atom. The fraction of sp³-hybridized carbons (Fsp3) is 0.300. The molecule has 82 valence electrons. The van der Waals surface area contributed by atoms with Crippen molar-refractivity contribution in [2.24, 2.45) is 5.73 Å². The highest BCUT2D eigenvalue weighted by Gasteiger charge is 2.15. The van der Waals surface area contributed by atoms with Crippen LogP contribution in [0.3, 0.4) is 0 Å². The van der Waals surface area contributed by atoms with Crippen LogP contribution in [0.1, 0.15) is 5.56 Å². The van der Waals surface area contributed by atoms with Gasteiger partial charge in [0.2, 0.25) is 0 Å². The highest BCUT2D eigenvalue weighted by molar-refractivity contribution is 6.30. The van der Waals surface area contributed by atoms with Crippen molar-refractivity contribution in [3.8, 4) is 5.75 Å². The van der Waals surface area contributed by atoms with Gasteiger partial charge in [0, 0.05) is 11.4 Å². The first-order chi connectivity index (χ1) is 7.04. The predicted octanol–water partition coefficient (Wildman–Crippen LogP) is 1.30. The summed E-state index contributed by atoms with van der Waals surface area (Å²) in [6.07, 6.45) is 0.194. The van der Waals surface area contributed by atoms with Crippen LogP contribution in [0.25, 0.3) is 0 Å². The maximum atomic E-state index is 10.6. The molecule has 0 spiro atoms. The van der Waals surface area contributed by atoms with Crippen LogP contribution in [-0.4, -0.2) is 24.2 Å². The van der Waals surface area contributed by atoms with Gasteiger partial charge in [0.15, 0.2) is 0 Å². The molecular formula is C10H12ClNO3. The number of methoxy groups -OCH3 is 1. The molecule has 0 bridgehead atoms. The lowest BCUT2D eigenvalue weighted by molar-refractivity contribution is -0.138. The summed E-state index contributed by atoms with van der Waals surface area (Å²) in [5.41, 5.74) is 6.12. The number of rotatable bonds is 4. The van der Waals surface area contributed by atoms with E-state index in [0.717, 1.165) is 0 Å². The van der Waals surface area contributed by atoms with E-state index in [4.69, 9.17) is 27.2 Å². The second kappa shape index (κ2) is 5.00. The van der Waals surface area contributed by atoms with Gasteiger partial charge in [0.05, 0.1) is 7.11 Å². The summed E-state index contributed by atoms with van der Waals surface area (Å²) in [4.78, 5) is 10.6. The molecule has 0 aliphatic carbocycles. The maximum absolute atomic E-state index is 10.6. The van der Waals surface area contributed by atoms with Crippen LogP contribution in [0.2, 0.25) is 5.02 Å². The fourth-order valence-electron chi connectivity index (χ4n) is 1.23. The molecule has 1 aromatic carbocycles. The Morgan fingerprint density at radius 2 is 2.33 bits per heavy atom. The number of carbonyl (C=O) groups is 1. The minimum absolute atomic E-state index is 0.194. The summed E-state index contributed by atoms with van der Waals surface area (Å²) in [6, 6.07) is 4.07. The van der Waals surface area contributed by atoms with Crippen molar-refractivity contribution in [2.75, 3.05) is 7.11 Å². The minimum atomic E-state index is -1.04. The Balaban J connectivity index is 2.91. The molecule has 0 aliphatic rings. The lowest BCUT2D eigenvalue weighted by atomic mass is 10.1. The van der Waals surface area contributed by atoms with Crippen molar-refractivity contribution < 1.29 is 14.6 Å². The average Bonchev–Trinajstić information content (AvgIpc) is 2.18. The van der Waals surface area contributed by atoms with E-state index in [0.29, 0.717) is 16.3 Å². The first kappa shape index (κ1) is 11.8. The summed E-state index contributed by atoms with van der Waals surface area (Å²) in [7, 11) is 1.51. The first-order valence-electron chi connectivity index (χ1n) is 4.35. The van der Waals surface area contributed by atoms with Crippen molar-refractivity contribution in [3.63, 3.8) is 0 Å². The molecule has 0 amide bonds. The van der Waals surface area contributed by atoms with Crippen molar-refractivity contribution in [1.29, 1.82) is 0 Å². The molecule has 1 unspecified atom stereocenters. The van der Waals surface area contributed by atoms with Crippen molar-refractivity contribution >= 4 is 17.6 Å². The second-order valence-corrected chi connectivity index (χ2v) is 3.54. The van der Waals surface area contributed by atoms with Gasteiger partial charge >= 0.3 is 5.97 Å². The molecule has 3 N–H and O–H groups in total. The second-order valence-electron chi connectivity index (χ2n) is 3.11. The fourth-order valence-corrected chi connectivity index (χ4v) is 1.43. The average molecular weight is 230 g/mol. The molecule has 0 aromatic heterocycles. The van der Waals surface area contributed by atoms with Crippen molar-refractivity contribution in [1.82, 2.24) is 0 Å². The molecule has 0 aliphatic heterocycles. The molecule has 4 nitrogen and oxygen atoms in total. The lowest BCUT2D eigenvalue weighted by Crippen LogP contribution is -2.32. The Hall–Kier alpha value is -1.26. The number of hydrogen-bond acceptors (Lipinski definition) is 3. The quantitative estimate of drug-likeness (QED) is 0.817. The highest BCUT2D eigenvalue weighted by atomic mass is 35.5. The molecule has 15 heavy (non-hydrogen) atoms. The number of hydrogen-bond donors (Lipinski definition) is 2. The number of carboxylic acid groups (broad SMARTS) is 1. The zero-order chi connectivity index (χ0) is 11.4. The predicted molar refractivity (Wildman–Crippen MR) is 57.3 cm³/mol. The molecule has 0 radical (unpaired) electrons. The van der Waals surface area contributed by atoms with Crippen LogP contribution in [0.4, 0.5) is 0 Å². The maximum Gasteiger partial charge on any atom is 0.320 e. The van der Waals surface area contributed by atoms with Gasteiger partial charge in [-0.05, 0) is 23.8 Å². The van der Waals surface area contributed by atoms with Gasteiger partial charge in [-0.1, -0.05) is 11.6 Å². The molecule has 0 fully saturated rings. The molecule has 0 saturated carbocycles. The van der Waals surface area contributed by atoms with E-state index < -0.39 is 12.0 Å². The third-order valence-corrected chi connectivity index (χ3v) is 2.23. The van der Waals surface area contributed by atoms with Gasteiger partial charge < -0.3 is 15.6 Å². The molecule has 1 aromatic rings. The van der Waals surface area contributed by atoms with E-state index in [1.807, 2.05) is 0 Å². The standard InChI is InChI=1S/C10H12ClNO3/c1-15-9-3-2-7(11)4-6(9)5-8(12)10(13)14/h2-4,8H,5,12H2,1H3,(H,13,14). The van der Waals surface area contributed by atoms with Gasteiger partial charge in [-0.25, -0.2) is 0 Å². The van der Waals surface area contributed by atoms with Crippen LogP contribution in [0.15, 0.2) is 18.2 Å². The van der Waals surface area contributed by atoms with Crippen molar-refractivity contribution in [2.45, 2.75) is 12.5 Å². The smallest absolute Gasteiger partial charge is 0.320 e. The van der Waals surface area contributed by atoms with E-state index >= 15 is 0 Å². The van der Waals surface area contributed by atoms with Gasteiger partial charge in [0.1, 0.15) is 11.8 Å². The first-order valence-corrected chi connectivity index (χ1v) is 4.73. The SMILES string of the molecule is COc1ccc(Cl)cc1CC(N)C(=O)O. The highest BCUT2D eigenvalue weighted by Crippen LogP contribution is 2.23. The number of carboxylic acids is 1. The number of nitrogens with two attached hydrogens (primary N) is 1. The zero-order valence-electron chi connectivity index (χ0n) is 8.24.